The van der Waals surface area contributed by atoms with E-state index in [4.69, 9.17) is 0 Å². The van der Waals surface area contributed by atoms with Gasteiger partial charge in [-0.25, -0.2) is 4.98 Å². The van der Waals surface area contributed by atoms with Gasteiger partial charge in [-0.05, 0) is 18.9 Å². The van der Waals surface area contributed by atoms with Crippen LogP contribution in [0.15, 0.2) is 17.6 Å². The third-order valence-electron chi connectivity index (χ3n) is 3.72. The van der Waals surface area contributed by atoms with Gasteiger partial charge >= 0.3 is 12.4 Å². The van der Waals surface area contributed by atoms with Crippen LogP contribution in [0.1, 0.15) is 30.3 Å². The van der Waals surface area contributed by atoms with E-state index in [-0.39, 0.29) is 17.7 Å². The molecule has 0 saturated carbocycles. The van der Waals surface area contributed by atoms with Gasteiger partial charge in [0, 0.05) is 24.7 Å². The number of aromatic nitrogens is 3. The first-order chi connectivity index (χ1) is 11.1. The van der Waals surface area contributed by atoms with Crippen molar-refractivity contribution in [2.75, 3.05) is 18.0 Å². The topological polar surface area (TPSA) is 34.0 Å². The Morgan fingerprint density at radius 3 is 2.38 bits per heavy atom. The molecule has 132 valence electrons. The molecule has 2 aromatic heterocycles. The largest absolute Gasteiger partial charge is 0.435 e. The minimum atomic E-state index is -4.52. The number of piperidine rings is 1. The van der Waals surface area contributed by atoms with Crippen LogP contribution in [0.5, 0.6) is 0 Å². The lowest BCUT2D eigenvalue weighted by molar-refractivity contribution is -0.142. The summed E-state index contributed by atoms with van der Waals surface area (Å²) in [6.45, 7) is 0.776. The molecule has 0 aliphatic carbocycles. The molecule has 1 fully saturated rings. The van der Waals surface area contributed by atoms with Gasteiger partial charge in [0.25, 0.3) is 0 Å². The molecule has 0 amide bonds. The van der Waals surface area contributed by atoms with Crippen molar-refractivity contribution in [3.05, 3.63) is 29.0 Å². The van der Waals surface area contributed by atoms with E-state index < -0.39 is 23.7 Å². The Labute approximate surface area is 136 Å². The fourth-order valence-electron chi connectivity index (χ4n) is 2.58. The van der Waals surface area contributed by atoms with Crippen LogP contribution < -0.4 is 4.90 Å². The summed E-state index contributed by atoms with van der Waals surface area (Å²) in [5, 5.41) is 4.70. The van der Waals surface area contributed by atoms with Crippen molar-refractivity contribution in [1.29, 1.82) is 0 Å². The Kier molecular flexibility index (Phi) is 4.22. The van der Waals surface area contributed by atoms with Crippen LogP contribution in [-0.4, -0.2) is 27.9 Å². The van der Waals surface area contributed by atoms with Gasteiger partial charge in [-0.2, -0.15) is 31.4 Å². The molecule has 0 radical (unpaired) electrons. The number of rotatable bonds is 2. The molecular weight excluding hydrogens is 358 g/mol. The van der Waals surface area contributed by atoms with Gasteiger partial charge in [-0.3, -0.25) is 4.68 Å². The van der Waals surface area contributed by atoms with E-state index in [2.05, 4.69) is 10.1 Å². The van der Waals surface area contributed by atoms with E-state index in [0.29, 0.717) is 19.4 Å². The summed E-state index contributed by atoms with van der Waals surface area (Å²) in [6, 6.07) is 0.553. The molecule has 1 atom stereocenters. The zero-order valence-corrected chi connectivity index (χ0v) is 12.9. The molecule has 1 unspecified atom stereocenters. The molecule has 1 saturated heterocycles. The van der Waals surface area contributed by atoms with Gasteiger partial charge < -0.3 is 4.90 Å². The van der Waals surface area contributed by atoms with Crippen molar-refractivity contribution in [3.8, 4) is 0 Å². The van der Waals surface area contributed by atoms with Gasteiger partial charge in [-0.1, -0.05) is 0 Å². The third-order valence-corrected chi connectivity index (χ3v) is 4.62. The molecule has 4 nitrogen and oxygen atoms in total. The van der Waals surface area contributed by atoms with Crippen molar-refractivity contribution in [2.24, 2.45) is 0 Å². The Morgan fingerprint density at radius 1 is 1.08 bits per heavy atom. The van der Waals surface area contributed by atoms with Crippen molar-refractivity contribution < 1.29 is 26.3 Å². The standard InChI is InChI=1S/C13H12F6N4S/c14-12(15,16)9-3-5-23(21-9)8-2-1-4-22(6-8)11-20-10(7-24-11)13(17,18)19/h3,5,7-8H,1-2,4,6H2. The van der Waals surface area contributed by atoms with E-state index in [1.54, 1.807) is 4.90 Å². The molecule has 1 aliphatic heterocycles. The first-order valence-electron chi connectivity index (χ1n) is 7.04. The van der Waals surface area contributed by atoms with Gasteiger partial charge in [-0.15, -0.1) is 11.3 Å². The minimum absolute atomic E-state index is 0.218. The van der Waals surface area contributed by atoms with Crippen molar-refractivity contribution in [1.82, 2.24) is 14.8 Å². The monoisotopic (exact) mass is 370 g/mol. The summed E-state index contributed by atoms with van der Waals surface area (Å²) in [5.41, 5.74) is -1.93. The van der Waals surface area contributed by atoms with Crippen LogP contribution in [0.25, 0.3) is 0 Å². The normalized spacial score (nSPS) is 19.8. The molecule has 0 bridgehead atoms. The van der Waals surface area contributed by atoms with Crippen LogP contribution in [0.4, 0.5) is 31.5 Å². The highest BCUT2D eigenvalue weighted by atomic mass is 32.1. The summed E-state index contributed by atoms with van der Waals surface area (Å²) >= 11 is 0.875. The van der Waals surface area contributed by atoms with E-state index in [1.807, 2.05) is 0 Å². The molecule has 3 heterocycles. The molecule has 2 aromatic rings. The van der Waals surface area contributed by atoms with Crippen LogP contribution in [0.3, 0.4) is 0 Å². The molecule has 11 heteroatoms. The van der Waals surface area contributed by atoms with Crippen molar-refractivity contribution in [3.63, 3.8) is 0 Å². The zero-order valence-electron chi connectivity index (χ0n) is 12.1. The Morgan fingerprint density at radius 2 is 1.79 bits per heavy atom. The number of hydrogen-bond acceptors (Lipinski definition) is 4. The maximum atomic E-state index is 12.6. The maximum Gasteiger partial charge on any atom is 0.435 e. The molecular formula is C13H12F6N4S. The number of hydrogen-bond donors (Lipinski definition) is 0. The molecule has 3 rings (SSSR count). The Bertz CT molecular complexity index is 646. The van der Waals surface area contributed by atoms with E-state index >= 15 is 0 Å². The average molecular weight is 370 g/mol. The second-order valence-corrected chi connectivity index (χ2v) is 6.27. The number of alkyl halides is 6. The lowest BCUT2D eigenvalue weighted by atomic mass is 10.1. The lowest BCUT2D eigenvalue weighted by Gasteiger charge is -2.32. The summed E-state index contributed by atoms with van der Waals surface area (Å²) in [7, 11) is 0. The minimum Gasteiger partial charge on any atom is -0.346 e. The highest BCUT2D eigenvalue weighted by Crippen LogP contribution is 2.35. The van der Waals surface area contributed by atoms with Crippen molar-refractivity contribution >= 4 is 16.5 Å². The fraction of sp³-hybridized carbons (Fsp3) is 0.538. The van der Waals surface area contributed by atoms with Gasteiger partial charge in [0.15, 0.2) is 16.5 Å². The molecule has 0 spiro atoms. The van der Waals surface area contributed by atoms with Crippen LogP contribution in [-0.2, 0) is 12.4 Å². The first kappa shape index (κ1) is 17.1. The molecule has 1 aliphatic rings. The second kappa shape index (κ2) is 5.94. The summed E-state index contributed by atoms with van der Waals surface area (Å²) in [5.74, 6) is 0. The SMILES string of the molecule is FC(F)(F)c1csc(N2CCCC(n3ccc(C(F)(F)F)n3)C2)n1. The number of halogens is 6. The molecule has 24 heavy (non-hydrogen) atoms. The molecule has 0 N–H and O–H groups in total. The van der Waals surface area contributed by atoms with Crippen LogP contribution in [0.2, 0.25) is 0 Å². The van der Waals surface area contributed by atoms with Crippen LogP contribution >= 0.6 is 11.3 Å². The third kappa shape index (κ3) is 3.50. The quantitative estimate of drug-likeness (QED) is 0.743. The maximum absolute atomic E-state index is 12.6. The van der Waals surface area contributed by atoms with Gasteiger partial charge in [0.05, 0.1) is 6.04 Å². The number of nitrogens with zero attached hydrogens (tertiary/aromatic N) is 4. The second-order valence-electron chi connectivity index (χ2n) is 5.43. The molecule has 0 aromatic carbocycles. The highest BCUT2D eigenvalue weighted by molar-refractivity contribution is 7.13. The van der Waals surface area contributed by atoms with E-state index in [9.17, 15) is 26.3 Å². The zero-order chi connectivity index (χ0) is 17.5. The smallest absolute Gasteiger partial charge is 0.346 e. The Balaban J connectivity index is 1.75. The van der Waals surface area contributed by atoms with Gasteiger partial charge in [0.1, 0.15) is 0 Å². The summed E-state index contributed by atoms with van der Waals surface area (Å²) in [4.78, 5) is 5.24. The summed E-state index contributed by atoms with van der Waals surface area (Å²) in [6.07, 6.45) is -6.54. The van der Waals surface area contributed by atoms with Crippen LogP contribution in [0, 0.1) is 0 Å². The predicted molar refractivity (Wildman–Crippen MR) is 74.8 cm³/mol. The van der Waals surface area contributed by atoms with Gasteiger partial charge in [0.2, 0.25) is 0 Å². The first-order valence-corrected chi connectivity index (χ1v) is 7.92. The average Bonchev–Trinajstić information content (AvgIpc) is 3.16. The predicted octanol–water partition coefficient (Wildman–Crippen LogP) is 4.22. The Hall–Kier alpha value is -1.78. The number of thiazole rings is 1. The van der Waals surface area contributed by atoms with Crippen molar-refractivity contribution in [2.45, 2.75) is 31.2 Å². The lowest BCUT2D eigenvalue weighted by Crippen LogP contribution is -2.37. The van der Waals surface area contributed by atoms with E-state index in [0.717, 1.165) is 22.8 Å². The number of anilines is 1. The fourth-order valence-corrected chi connectivity index (χ4v) is 3.45. The highest BCUT2D eigenvalue weighted by Gasteiger charge is 2.36. The van der Waals surface area contributed by atoms with E-state index in [1.165, 1.54) is 10.9 Å². The summed E-state index contributed by atoms with van der Waals surface area (Å²) < 4.78 is 77.0.